The molecule has 1 unspecified atom stereocenters. The summed E-state index contributed by atoms with van der Waals surface area (Å²) in [4.78, 5) is 13.6. The van der Waals surface area contributed by atoms with E-state index in [1.165, 1.54) is 12.8 Å². The molecule has 0 radical (unpaired) electrons. The highest BCUT2D eigenvalue weighted by atomic mass is 19.3. The Labute approximate surface area is 94.0 Å². The predicted molar refractivity (Wildman–Crippen MR) is 55.2 cm³/mol. The third-order valence-electron chi connectivity index (χ3n) is 4.38. The van der Waals surface area contributed by atoms with Crippen LogP contribution in [0, 0.1) is 11.3 Å². The molecule has 1 saturated heterocycles. The fraction of sp³-hybridized carbons (Fsp3) is 0.917. The maximum absolute atomic E-state index is 13.6. The van der Waals surface area contributed by atoms with E-state index in [4.69, 9.17) is 0 Å². The Balaban J connectivity index is 1.65. The van der Waals surface area contributed by atoms with Crippen LogP contribution in [0.4, 0.5) is 8.78 Å². The SMILES string of the molecule is O=C(C1CCCCC1(F)F)N1CC2(CC2)C1. The number of carbonyl (C=O) groups excluding carboxylic acids is 1. The Hall–Kier alpha value is -0.670. The summed E-state index contributed by atoms with van der Waals surface area (Å²) < 4.78 is 27.2. The minimum atomic E-state index is -2.76. The molecule has 4 heteroatoms. The number of hydrogen-bond acceptors (Lipinski definition) is 1. The van der Waals surface area contributed by atoms with E-state index in [0.717, 1.165) is 19.5 Å². The number of nitrogens with zero attached hydrogens (tertiary/aromatic N) is 1. The highest BCUT2D eigenvalue weighted by molar-refractivity contribution is 5.81. The first-order chi connectivity index (χ1) is 7.53. The van der Waals surface area contributed by atoms with Crippen LogP contribution in [0.25, 0.3) is 0 Å². The van der Waals surface area contributed by atoms with E-state index >= 15 is 0 Å². The van der Waals surface area contributed by atoms with Gasteiger partial charge in [-0.2, -0.15) is 0 Å². The van der Waals surface area contributed by atoms with Gasteiger partial charge in [-0.25, -0.2) is 8.78 Å². The highest BCUT2D eigenvalue weighted by Crippen LogP contribution is 2.53. The zero-order valence-corrected chi connectivity index (χ0v) is 9.35. The zero-order valence-electron chi connectivity index (χ0n) is 9.35. The van der Waals surface area contributed by atoms with Crippen LogP contribution in [-0.4, -0.2) is 29.8 Å². The van der Waals surface area contributed by atoms with Crippen LogP contribution in [-0.2, 0) is 4.79 Å². The molecule has 1 spiro atoms. The molecule has 16 heavy (non-hydrogen) atoms. The molecular formula is C12H17F2NO. The molecule has 0 aromatic rings. The lowest BCUT2D eigenvalue weighted by Crippen LogP contribution is -2.56. The van der Waals surface area contributed by atoms with Gasteiger partial charge in [0, 0.05) is 24.9 Å². The Kier molecular flexibility index (Phi) is 2.08. The number of carbonyl (C=O) groups is 1. The minimum Gasteiger partial charge on any atom is -0.341 e. The first kappa shape index (κ1) is 10.5. The Bertz CT molecular complexity index is 317. The van der Waals surface area contributed by atoms with Crippen molar-refractivity contribution in [3.05, 3.63) is 0 Å². The standard InChI is InChI=1S/C12H17F2NO/c13-12(14)4-2-1-3-9(12)10(16)15-7-11(8-15)5-6-11/h9H,1-8H2. The van der Waals surface area contributed by atoms with Crippen LogP contribution in [0.5, 0.6) is 0 Å². The molecule has 1 heterocycles. The van der Waals surface area contributed by atoms with Crippen LogP contribution in [0.15, 0.2) is 0 Å². The molecular weight excluding hydrogens is 212 g/mol. The highest BCUT2D eigenvalue weighted by Gasteiger charge is 2.56. The topological polar surface area (TPSA) is 20.3 Å². The van der Waals surface area contributed by atoms with Crippen molar-refractivity contribution < 1.29 is 13.6 Å². The summed E-state index contributed by atoms with van der Waals surface area (Å²) in [6.07, 6.45) is 3.94. The molecule has 1 amide bonds. The molecule has 2 aliphatic carbocycles. The van der Waals surface area contributed by atoms with E-state index in [1.54, 1.807) is 4.90 Å². The van der Waals surface area contributed by atoms with E-state index in [0.29, 0.717) is 18.3 Å². The van der Waals surface area contributed by atoms with E-state index in [9.17, 15) is 13.6 Å². The van der Waals surface area contributed by atoms with Gasteiger partial charge in [-0.1, -0.05) is 6.42 Å². The normalized spacial score (nSPS) is 34.6. The van der Waals surface area contributed by atoms with Gasteiger partial charge in [0.05, 0.1) is 0 Å². The zero-order chi connectivity index (χ0) is 11.4. The van der Waals surface area contributed by atoms with Crippen molar-refractivity contribution in [2.45, 2.75) is 44.4 Å². The molecule has 1 aliphatic heterocycles. The van der Waals surface area contributed by atoms with Crippen molar-refractivity contribution in [2.24, 2.45) is 11.3 Å². The molecule has 3 aliphatic rings. The van der Waals surface area contributed by atoms with Gasteiger partial charge in [0.15, 0.2) is 0 Å². The summed E-state index contributed by atoms with van der Waals surface area (Å²) >= 11 is 0. The number of hydrogen-bond donors (Lipinski definition) is 0. The molecule has 0 N–H and O–H groups in total. The minimum absolute atomic E-state index is 0.109. The van der Waals surface area contributed by atoms with E-state index in [2.05, 4.69) is 0 Å². The summed E-state index contributed by atoms with van der Waals surface area (Å²) in [6.45, 7) is 1.47. The number of amides is 1. The molecule has 2 saturated carbocycles. The number of alkyl halides is 2. The smallest absolute Gasteiger partial charge is 0.259 e. The fourth-order valence-corrected chi connectivity index (χ4v) is 3.03. The first-order valence-corrected chi connectivity index (χ1v) is 6.19. The monoisotopic (exact) mass is 229 g/mol. The number of halogens is 2. The van der Waals surface area contributed by atoms with Gasteiger partial charge in [0.1, 0.15) is 5.92 Å². The van der Waals surface area contributed by atoms with Crippen molar-refractivity contribution in [1.29, 1.82) is 0 Å². The first-order valence-electron chi connectivity index (χ1n) is 6.19. The second-order valence-corrected chi connectivity index (χ2v) is 5.75. The van der Waals surface area contributed by atoms with Crippen LogP contribution in [0.1, 0.15) is 38.5 Å². The average Bonchev–Trinajstić information content (AvgIpc) is 2.93. The summed E-state index contributed by atoms with van der Waals surface area (Å²) in [5, 5.41) is 0. The van der Waals surface area contributed by atoms with Gasteiger partial charge in [-0.05, 0) is 25.7 Å². The number of likely N-dealkylation sites (tertiary alicyclic amines) is 1. The molecule has 2 nitrogen and oxygen atoms in total. The number of rotatable bonds is 1. The average molecular weight is 229 g/mol. The second-order valence-electron chi connectivity index (χ2n) is 5.75. The molecule has 3 rings (SSSR count). The Morgan fingerprint density at radius 1 is 1.12 bits per heavy atom. The van der Waals surface area contributed by atoms with Crippen LogP contribution in [0.3, 0.4) is 0 Å². The lowest BCUT2D eigenvalue weighted by molar-refractivity contribution is -0.163. The predicted octanol–water partition coefficient (Wildman–Crippen LogP) is 2.43. The van der Waals surface area contributed by atoms with Gasteiger partial charge in [-0.3, -0.25) is 4.79 Å². The Morgan fingerprint density at radius 2 is 1.81 bits per heavy atom. The van der Waals surface area contributed by atoms with Gasteiger partial charge in [0.2, 0.25) is 5.91 Å². The molecule has 1 atom stereocenters. The second kappa shape index (κ2) is 3.17. The molecule has 0 bridgehead atoms. The van der Waals surface area contributed by atoms with Gasteiger partial charge in [0.25, 0.3) is 5.92 Å². The van der Waals surface area contributed by atoms with Crippen molar-refractivity contribution in [2.75, 3.05) is 13.1 Å². The van der Waals surface area contributed by atoms with E-state index in [-0.39, 0.29) is 12.3 Å². The molecule has 0 aromatic carbocycles. The summed E-state index contributed by atoms with van der Waals surface area (Å²) in [6, 6.07) is 0. The lowest BCUT2D eigenvalue weighted by Gasteiger charge is -2.43. The molecule has 0 aromatic heterocycles. The maximum atomic E-state index is 13.6. The maximum Gasteiger partial charge on any atom is 0.259 e. The van der Waals surface area contributed by atoms with Gasteiger partial charge < -0.3 is 4.90 Å². The Morgan fingerprint density at radius 3 is 2.38 bits per heavy atom. The van der Waals surface area contributed by atoms with Crippen molar-refractivity contribution in [1.82, 2.24) is 4.90 Å². The summed E-state index contributed by atoms with van der Waals surface area (Å²) in [5.41, 5.74) is 0.361. The lowest BCUT2D eigenvalue weighted by atomic mass is 9.83. The van der Waals surface area contributed by atoms with Crippen LogP contribution < -0.4 is 0 Å². The third-order valence-corrected chi connectivity index (χ3v) is 4.38. The third kappa shape index (κ3) is 1.54. The largest absolute Gasteiger partial charge is 0.341 e. The fourth-order valence-electron chi connectivity index (χ4n) is 3.03. The van der Waals surface area contributed by atoms with Crippen LogP contribution >= 0.6 is 0 Å². The van der Waals surface area contributed by atoms with Gasteiger partial charge >= 0.3 is 0 Å². The van der Waals surface area contributed by atoms with Crippen LogP contribution in [0.2, 0.25) is 0 Å². The van der Waals surface area contributed by atoms with Crippen molar-refractivity contribution in [3.63, 3.8) is 0 Å². The van der Waals surface area contributed by atoms with Crippen molar-refractivity contribution in [3.8, 4) is 0 Å². The van der Waals surface area contributed by atoms with Gasteiger partial charge in [-0.15, -0.1) is 0 Å². The molecule has 3 fully saturated rings. The van der Waals surface area contributed by atoms with E-state index in [1.807, 2.05) is 0 Å². The van der Waals surface area contributed by atoms with Crippen molar-refractivity contribution >= 4 is 5.91 Å². The summed E-state index contributed by atoms with van der Waals surface area (Å²) in [7, 11) is 0. The quantitative estimate of drug-likeness (QED) is 0.676. The molecule has 90 valence electrons. The summed E-state index contributed by atoms with van der Waals surface area (Å²) in [5.74, 6) is -4.08. The van der Waals surface area contributed by atoms with E-state index < -0.39 is 11.8 Å².